The van der Waals surface area contributed by atoms with Crippen LogP contribution in [0, 0.1) is 0 Å². The largest absolute Gasteiger partial charge is 0.416 e. The first kappa shape index (κ1) is 21.8. The maximum atomic E-state index is 13.3. The van der Waals surface area contributed by atoms with Gasteiger partial charge in [-0.1, -0.05) is 57.2 Å². The summed E-state index contributed by atoms with van der Waals surface area (Å²) in [7, 11) is 0. The normalized spacial score (nSPS) is 20.6. The molecule has 2 aromatic carbocycles. The molecular weight excluding hydrogens is 379 g/mol. The maximum Gasteiger partial charge on any atom is 0.416 e. The van der Waals surface area contributed by atoms with Crippen molar-refractivity contribution in [3.63, 3.8) is 0 Å². The fraction of sp³-hybridized carbons (Fsp3) is 0.478. The Morgan fingerprint density at radius 1 is 1.03 bits per heavy atom. The van der Waals surface area contributed by atoms with E-state index in [9.17, 15) is 13.2 Å². The van der Waals surface area contributed by atoms with E-state index in [4.69, 9.17) is 9.47 Å². The molecule has 0 unspecified atom stereocenters. The van der Waals surface area contributed by atoms with E-state index in [2.05, 4.69) is 5.32 Å². The number of benzene rings is 2. The van der Waals surface area contributed by atoms with E-state index in [1.165, 1.54) is 12.1 Å². The Hall–Kier alpha value is -1.89. The van der Waals surface area contributed by atoms with Crippen LogP contribution in [-0.4, -0.2) is 26.0 Å². The number of morpholine rings is 1. The van der Waals surface area contributed by atoms with Gasteiger partial charge in [0.05, 0.1) is 24.8 Å². The van der Waals surface area contributed by atoms with Gasteiger partial charge in [0, 0.05) is 6.54 Å². The molecule has 0 radical (unpaired) electrons. The Labute approximate surface area is 170 Å². The van der Waals surface area contributed by atoms with Gasteiger partial charge in [0.2, 0.25) is 0 Å². The minimum Gasteiger partial charge on any atom is -0.350 e. The van der Waals surface area contributed by atoms with Gasteiger partial charge in [-0.15, -0.1) is 0 Å². The number of alkyl halides is 3. The predicted molar refractivity (Wildman–Crippen MR) is 107 cm³/mol. The van der Waals surface area contributed by atoms with Gasteiger partial charge in [0.1, 0.15) is 0 Å². The molecule has 6 heteroatoms. The van der Waals surface area contributed by atoms with Gasteiger partial charge >= 0.3 is 6.18 Å². The van der Waals surface area contributed by atoms with Gasteiger partial charge in [-0.2, -0.15) is 13.2 Å². The Morgan fingerprint density at radius 3 is 2.38 bits per heavy atom. The topological polar surface area (TPSA) is 30.5 Å². The summed E-state index contributed by atoms with van der Waals surface area (Å²) >= 11 is 0. The molecule has 3 rings (SSSR count). The maximum absolute atomic E-state index is 13.3. The number of hydrogen-bond acceptors (Lipinski definition) is 3. The van der Waals surface area contributed by atoms with E-state index < -0.39 is 18.0 Å². The van der Waals surface area contributed by atoms with Crippen LogP contribution in [0.25, 0.3) is 0 Å². The van der Waals surface area contributed by atoms with E-state index in [1.54, 1.807) is 0 Å². The fourth-order valence-corrected chi connectivity index (χ4v) is 3.39. The summed E-state index contributed by atoms with van der Waals surface area (Å²) in [6, 6.07) is 14.1. The van der Waals surface area contributed by atoms with Crippen LogP contribution < -0.4 is 5.32 Å². The number of nitrogens with one attached hydrogen (secondary N) is 1. The summed E-state index contributed by atoms with van der Waals surface area (Å²) in [4.78, 5) is 0. The summed E-state index contributed by atoms with van der Waals surface area (Å²) in [5.74, 6) is 0. The number of rotatable bonds is 5. The highest BCUT2D eigenvalue weighted by Gasteiger charge is 2.32. The van der Waals surface area contributed by atoms with Crippen molar-refractivity contribution in [3.8, 4) is 0 Å². The molecule has 1 saturated heterocycles. The molecule has 0 bridgehead atoms. The lowest BCUT2D eigenvalue weighted by Crippen LogP contribution is -2.43. The van der Waals surface area contributed by atoms with Crippen molar-refractivity contribution < 1.29 is 22.6 Å². The summed E-state index contributed by atoms with van der Waals surface area (Å²) in [5.41, 5.74) is 1.36. The highest BCUT2D eigenvalue weighted by atomic mass is 19.4. The lowest BCUT2D eigenvalue weighted by molar-refractivity contribution is -0.176. The highest BCUT2D eigenvalue weighted by molar-refractivity contribution is 5.35. The predicted octanol–water partition coefficient (Wildman–Crippen LogP) is 5.25. The average Bonchev–Trinajstić information content (AvgIpc) is 2.67. The molecule has 0 spiro atoms. The van der Waals surface area contributed by atoms with Crippen LogP contribution in [0.5, 0.6) is 0 Å². The zero-order chi connectivity index (χ0) is 21.1. The van der Waals surface area contributed by atoms with Gasteiger partial charge in [-0.05, 0) is 40.7 Å². The molecule has 0 saturated carbocycles. The molecule has 1 aliphatic heterocycles. The Kier molecular flexibility index (Phi) is 6.66. The molecule has 1 fully saturated rings. The molecule has 2 aromatic rings. The van der Waals surface area contributed by atoms with Crippen LogP contribution in [0.4, 0.5) is 13.2 Å². The van der Waals surface area contributed by atoms with E-state index in [-0.39, 0.29) is 18.1 Å². The Bertz CT molecular complexity index is 768. The number of hydrogen-bond donors (Lipinski definition) is 1. The van der Waals surface area contributed by atoms with Crippen LogP contribution in [0.2, 0.25) is 0 Å². The summed E-state index contributed by atoms with van der Waals surface area (Å²) in [5, 5.41) is 3.39. The molecule has 1 aliphatic rings. The van der Waals surface area contributed by atoms with E-state index in [1.807, 2.05) is 57.2 Å². The minimum absolute atomic E-state index is 0.100. The third-order valence-electron chi connectivity index (χ3n) is 5.04. The van der Waals surface area contributed by atoms with Crippen molar-refractivity contribution >= 4 is 0 Å². The first-order chi connectivity index (χ1) is 13.6. The van der Waals surface area contributed by atoms with Crippen molar-refractivity contribution in [3.05, 3.63) is 70.8 Å². The minimum atomic E-state index is -4.37. The van der Waals surface area contributed by atoms with Crippen molar-refractivity contribution in [1.82, 2.24) is 5.32 Å². The van der Waals surface area contributed by atoms with Crippen LogP contribution in [-0.2, 0) is 27.5 Å². The van der Waals surface area contributed by atoms with Crippen molar-refractivity contribution in [2.45, 2.75) is 51.1 Å². The molecule has 1 heterocycles. The van der Waals surface area contributed by atoms with Gasteiger partial charge in [0.25, 0.3) is 0 Å². The molecule has 29 heavy (non-hydrogen) atoms. The lowest BCUT2D eigenvalue weighted by Gasteiger charge is -2.33. The molecule has 1 N–H and O–H groups in total. The van der Waals surface area contributed by atoms with Crippen molar-refractivity contribution in [2.24, 2.45) is 0 Å². The van der Waals surface area contributed by atoms with Crippen LogP contribution >= 0.6 is 0 Å². The second-order valence-electron chi connectivity index (χ2n) is 8.37. The zero-order valence-electron chi connectivity index (χ0n) is 17.1. The molecule has 0 aliphatic carbocycles. The molecule has 0 amide bonds. The first-order valence-electron chi connectivity index (χ1n) is 9.88. The second-order valence-corrected chi connectivity index (χ2v) is 8.37. The van der Waals surface area contributed by atoms with Gasteiger partial charge in [0.15, 0.2) is 6.29 Å². The molecular formula is C23H28F3NO2. The Balaban J connectivity index is 1.70. The van der Waals surface area contributed by atoms with Crippen LogP contribution in [0.3, 0.4) is 0 Å². The molecule has 2 atom stereocenters. The standard InChI is InChI=1S/C23H28F3NO2/c1-22(2,3)18-13-16(14-19(15-18)23(24,25)26)9-11-28-21-20(27-10-12-29-21)17-7-5-4-6-8-17/h4-8,13-15,20-21,27H,9-12H2,1-3H3/t20-,21+/m0/s1. The smallest absolute Gasteiger partial charge is 0.350 e. The van der Waals surface area contributed by atoms with Gasteiger partial charge in [-0.3, -0.25) is 0 Å². The Morgan fingerprint density at radius 2 is 1.72 bits per heavy atom. The first-order valence-corrected chi connectivity index (χ1v) is 9.88. The van der Waals surface area contributed by atoms with Crippen molar-refractivity contribution in [1.29, 1.82) is 0 Å². The van der Waals surface area contributed by atoms with Crippen molar-refractivity contribution in [2.75, 3.05) is 19.8 Å². The highest BCUT2D eigenvalue weighted by Crippen LogP contribution is 2.34. The van der Waals surface area contributed by atoms with E-state index in [0.29, 0.717) is 24.2 Å². The van der Waals surface area contributed by atoms with E-state index in [0.717, 1.165) is 12.1 Å². The molecule has 3 nitrogen and oxygen atoms in total. The SMILES string of the molecule is CC(C)(C)c1cc(CCO[C@@H]2OCCN[C@H]2c2ccccc2)cc(C(F)(F)F)c1. The van der Waals surface area contributed by atoms with Gasteiger partial charge in [-0.25, -0.2) is 0 Å². The monoisotopic (exact) mass is 407 g/mol. The van der Waals surface area contributed by atoms with Crippen LogP contribution in [0.15, 0.2) is 48.5 Å². The second kappa shape index (κ2) is 8.86. The fourth-order valence-electron chi connectivity index (χ4n) is 3.39. The average molecular weight is 407 g/mol. The number of ether oxygens (including phenoxy) is 2. The summed E-state index contributed by atoms with van der Waals surface area (Å²) < 4.78 is 51.7. The van der Waals surface area contributed by atoms with Gasteiger partial charge < -0.3 is 14.8 Å². The quantitative estimate of drug-likeness (QED) is 0.734. The van der Waals surface area contributed by atoms with Crippen LogP contribution in [0.1, 0.15) is 49.1 Å². The number of halogens is 3. The zero-order valence-corrected chi connectivity index (χ0v) is 17.1. The summed E-state index contributed by atoms with van der Waals surface area (Å²) in [6.07, 6.45) is -4.46. The third kappa shape index (κ3) is 5.81. The van der Waals surface area contributed by atoms with E-state index >= 15 is 0 Å². The lowest BCUT2D eigenvalue weighted by atomic mass is 9.84. The summed E-state index contributed by atoms with van der Waals surface area (Å²) in [6.45, 7) is 7.27. The molecule has 0 aromatic heterocycles. The molecule has 158 valence electrons. The third-order valence-corrected chi connectivity index (χ3v) is 5.04.